The number of nitroso groups, excluding NO2 is 1. The lowest BCUT2D eigenvalue weighted by molar-refractivity contribution is 0.0358. The third-order valence-electron chi connectivity index (χ3n) is 4.39. The molecular weight excluding hydrogens is 332 g/mol. The minimum Gasteiger partial charge on any atom is -0.494 e. The molecule has 136 valence electrons. The Hall–Kier alpha value is -2.57. The summed E-state index contributed by atoms with van der Waals surface area (Å²) in [6, 6.07) is 14.7. The van der Waals surface area contributed by atoms with Crippen LogP contribution in [0.5, 0.6) is 5.75 Å². The third-order valence-corrected chi connectivity index (χ3v) is 4.39. The predicted molar refractivity (Wildman–Crippen MR) is 99.4 cm³/mol. The van der Waals surface area contributed by atoms with Crippen molar-refractivity contribution in [1.29, 1.82) is 0 Å². The van der Waals surface area contributed by atoms with Crippen LogP contribution in [0.1, 0.15) is 16.8 Å². The van der Waals surface area contributed by atoms with Crippen molar-refractivity contribution in [2.75, 3.05) is 39.5 Å². The lowest BCUT2D eigenvalue weighted by Crippen LogP contribution is -2.37. The van der Waals surface area contributed by atoms with Gasteiger partial charge in [0, 0.05) is 30.4 Å². The fourth-order valence-corrected chi connectivity index (χ4v) is 2.90. The summed E-state index contributed by atoms with van der Waals surface area (Å²) < 4.78 is 11.1. The topological polar surface area (TPSA) is 68.2 Å². The number of morpholine rings is 1. The molecular formula is C20H22N2O4. The Morgan fingerprint density at radius 3 is 2.23 bits per heavy atom. The highest BCUT2D eigenvalue weighted by atomic mass is 16.5. The number of ether oxygens (including phenoxy) is 2. The van der Waals surface area contributed by atoms with Crippen LogP contribution in [0, 0.1) is 4.91 Å². The Morgan fingerprint density at radius 2 is 1.62 bits per heavy atom. The van der Waals surface area contributed by atoms with Crippen LogP contribution in [0.4, 0.5) is 0 Å². The molecule has 26 heavy (non-hydrogen) atoms. The molecule has 1 amide bonds. The second-order valence-corrected chi connectivity index (χ2v) is 6.15. The highest BCUT2D eigenvalue weighted by molar-refractivity contribution is 5.95. The van der Waals surface area contributed by atoms with Crippen LogP contribution in [-0.4, -0.2) is 50.3 Å². The fraction of sp³-hybridized carbons (Fsp3) is 0.350. The molecule has 0 atom stereocenters. The van der Waals surface area contributed by atoms with Gasteiger partial charge in [0.1, 0.15) is 5.75 Å². The molecule has 1 aliphatic heterocycles. The van der Waals surface area contributed by atoms with Crippen molar-refractivity contribution in [3.05, 3.63) is 59.0 Å². The summed E-state index contributed by atoms with van der Waals surface area (Å²) in [5, 5.41) is 2.42. The van der Waals surface area contributed by atoms with Crippen molar-refractivity contribution in [1.82, 2.24) is 4.90 Å². The summed E-state index contributed by atoms with van der Waals surface area (Å²) in [4.78, 5) is 23.9. The average Bonchev–Trinajstić information content (AvgIpc) is 2.72. The first kappa shape index (κ1) is 18.2. The Labute approximate surface area is 152 Å². The van der Waals surface area contributed by atoms with E-state index in [0.717, 1.165) is 56.1 Å². The van der Waals surface area contributed by atoms with Crippen LogP contribution in [0.15, 0.2) is 53.7 Å². The van der Waals surface area contributed by atoms with Gasteiger partial charge in [-0.1, -0.05) is 24.3 Å². The fourth-order valence-electron chi connectivity index (χ4n) is 2.90. The number of hydrogen-bond acceptors (Lipinski definition) is 5. The SMILES string of the molecule is O=NC(=O)c1ccc(-c2ccc(OCCCN3CCOCC3)cc2)cc1. The maximum Gasteiger partial charge on any atom is 0.316 e. The molecule has 3 rings (SSSR count). The number of hydrogen-bond donors (Lipinski definition) is 0. The van der Waals surface area contributed by atoms with Gasteiger partial charge in [0.15, 0.2) is 0 Å². The zero-order valence-corrected chi connectivity index (χ0v) is 14.6. The van der Waals surface area contributed by atoms with Crippen LogP contribution < -0.4 is 4.74 Å². The number of benzene rings is 2. The van der Waals surface area contributed by atoms with Crippen molar-refractivity contribution in [2.45, 2.75) is 6.42 Å². The minimum absolute atomic E-state index is 0.295. The van der Waals surface area contributed by atoms with Gasteiger partial charge in [-0.3, -0.25) is 9.69 Å². The molecule has 0 aliphatic carbocycles. The van der Waals surface area contributed by atoms with E-state index in [-0.39, 0.29) is 0 Å². The lowest BCUT2D eigenvalue weighted by Gasteiger charge is -2.26. The summed E-state index contributed by atoms with van der Waals surface area (Å²) in [5.41, 5.74) is 2.28. The first-order valence-corrected chi connectivity index (χ1v) is 8.77. The Bertz CT molecular complexity index is 722. The van der Waals surface area contributed by atoms with E-state index in [0.29, 0.717) is 12.2 Å². The molecule has 1 fully saturated rings. The minimum atomic E-state index is -0.752. The van der Waals surface area contributed by atoms with Gasteiger partial charge in [-0.15, -0.1) is 4.91 Å². The van der Waals surface area contributed by atoms with E-state index in [1.807, 2.05) is 24.3 Å². The van der Waals surface area contributed by atoms with Gasteiger partial charge < -0.3 is 9.47 Å². The standard InChI is InChI=1S/C20H22N2O4/c23-20(21-24)18-4-2-16(3-5-18)17-6-8-19(9-7-17)26-13-1-10-22-11-14-25-15-12-22/h2-9H,1,10-15H2. The van der Waals surface area contributed by atoms with Crippen LogP contribution in [0.3, 0.4) is 0 Å². The number of rotatable bonds is 7. The molecule has 0 saturated carbocycles. The highest BCUT2D eigenvalue weighted by Gasteiger charge is 2.09. The van der Waals surface area contributed by atoms with Gasteiger partial charge in [0.05, 0.1) is 19.8 Å². The zero-order valence-electron chi connectivity index (χ0n) is 14.6. The normalized spacial score (nSPS) is 14.8. The van der Waals surface area contributed by atoms with Crippen molar-refractivity contribution >= 4 is 5.91 Å². The van der Waals surface area contributed by atoms with Crippen LogP contribution >= 0.6 is 0 Å². The quantitative estimate of drug-likeness (QED) is 0.563. The van der Waals surface area contributed by atoms with Gasteiger partial charge in [0.25, 0.3) is 0 Å². The molecule has 0 spiro atoms. The summed E-state index contributed by atoms with van der Waals surface area (Å²) in [5.74, 6) is 0.0880. The van der Waals surface area contributed by atoms with Crippen LogP contribution in [0.2, 0.25) is 0 Å². The van der Waals surface area contributed by atoms with E-state index < -0.39 is 5.91 Å². The van der Waals surface area contributed by atoms with Crippen LogP contribution in [-0.2, 0) is 4.74 Å². The largest absolute Gasteiger partial charge is 0.494 e. The third kappa shape index (κ3) is 4.97. The second kappa shape index (κ2) is 9.22. The molecule has 6 nitrogen and oxygen atoms in total. The van der Waals surface area contributed by atoms with E-state index in [4.69, 9.17) is 9.47 Å². The molecule has 2 aromatic rings. The zero-order chi connectivity index (χ0) is 18.2. The molecule has 0 N–H and O–H groups in total. The predicted octanol–water partition coefficient (Wildman–Crippen LogP) is 3.36. The molecule has 6 heteroatoms. The summed E-state index contributed by atoms with van der Waals surface area (Å²) in [6.07, 6.45) is 0.988. The number of amides is 1. The molecule has 0 bridgehead atoms. The van der Waals surface area contributed by atoms with E-state index in [2.05, 4.69) is 10.1 Å². The summed E-state index contributed by atoms with van der Waals surface area (Å²) >= 11 is 0. The first-order chi connectivity index (χ1) is 12.8. The maximum absolute atomic E-state index is 11.2. The molecule has 0 aromatic heterocycles. The molecule has 0 radical (unpaired) electrons. The highest BCUT2D eigenvalue weighted by Crippen LogP contribution is 2.23. The average molecular weight is 354 g/mol. The molecule has 1 aliphatic rings. The van der Waals surface area contributed by atoms with E-state index >= 15 is 0 Å². The summed E-state index contributed by atoms with van der Waals surface area (Å²) in [6.45, 7) is 5.37. The number of carbonyl (C=O) groups is 1. The Kier molecular flexibility index (Phi) is 6.46. The van der Waals surface area contributed by atoms with Crippen molar-refractivity contribution in [3.8, 4) is 16.9 Å². The molecule has 1 heterocycles. The van der Waals surface area contributed by atoms with Crippen LogP contribution in [0.25, 0.3) is 11.1 Å². The number of carbonyl (C=O) groups excluding carboxylic acids is 1. The second-order valence-electron chi connectivity index (χ2n) is 6.15. The molecule has 1 saturated heterocycles. The summed E-state index contributed by atoms with van der Waals surface area (Å²) in [7, 11) is 0. The van der Waals surface area contributed by atoms with E-state index in [9.17, 15) is 9.70 Å². The number of nitrogens with zero attached hydrogens (tertiary/aromatic N) is 2. The van der Waals surface area contributed by atoms with Gasteiger partial charge in [-0.05, 0) is 41.8 Å². The lowest BCUT2D eigenvalue weighted by atomic mass is 10.0. The van der Waals surface area contributed by atoms with Gasteiger partial charge in [-0.2, -0.15) is 0 Å². The van der Waals surface area contributed by atoms with Crippen molar-refractivity contribution in [3.63, 3.8) is 0 Å². The smallest absolute Gasteiger partial charge is 0.316 e. The van der Waals surface area contributed by atoms with Gasteiger partial charge in [0.2, 0.25) is 0 Å². The first-order valence-electron chi connectivity index (χ1n) is 8.77. The van der Waals surface area contributed by atoms with Gasteiger partial charge in [-0.25, -0.2) is 0 Å². The Morgan fingerprint density at radius 1 is 1.00 bits per heavy atom. The Balaban J connectivity index is 1.48. The molecule has 0 unspecified atom stereocenters. The van der Waals surface area contributed by atoms with Crippen molar-refractivity contribution < 1.29 is 14.3 Å². The van der Waals surface area contributed by atoms with Gasteiger partial charge >= 0.3 is 5.91 Å². The monoisotopic (exact) mass is 354 g/mol. The van der Waals surface area contributed by atoms with E-state index in [1.54, 1.807) is 24.3 Å². The van der Waals surface area contributed by atoms with Crippen molar-refractivity contribution in [2.24, 2.45) is 5.18 Å². The van der Waals surface area contributed by atoms with E-state index in [1.165, 1.54) is 0 Å². The molecule has 2 aromatic carbocycles. The maximum atomic E-state index is 11.2.